The van der Waals surface area contributed by atoms with Crippen molar-refractivity contribution in [3.05, 3.63) is 23.8 Å². The molecule has 1 aliphatic rings. The maximum absolute atomic E-state index is 5.74. The van der Waals surface area contributed by atoms with Gasteiger partial charge in [-0.3, -0.25) is 0 Å². The molecule has 2 heterocycles. The van der Waals surface area contributed by atoms with Crippen LogP contribution < -0.4 is 5.32 Å². The number of aromatic nitrogens is 2. The third kappa shape index (κ3) is 5.25. The fourth-order valence-electron chi connectivity index (χ4n) is 2.17. The Balaban J connectivity index is 1.90. The van der Waals surface area contributed by atoms with Gasteiger partial charge in [-0.1, -0.05) is 0 Å². The van der Waals surface area contributed by atoms with E-state index in [0.717, 1.165) is 37.5 Å². The first-order valence-corrected chi connectivity index (χ1v) is 7.20. The van der Waals surface area contributed by atoms with Gasteiger partial charge in [-0.05, 0) is 46.1 Å². The van der Waals surface area contributed by atoms with Crippen molar-refractivity contribution in [3.8, 4) is 0 Å². The van der Waals surface area contributed by atoms with Crippen LogP contribution in [0.3, 0.4) is 0 Å². The van der Waals surface area contributed by atoms with E-state index in [2.05, 4.69) is 36.1 Å². The number of nitrogens with one attached hydrogen (secondary N) is 1. The van der Waals surface area contributed by atoms with Crippen LogP contribution in [0.5, 0.6) is 0 Å². The van der Waals surface area contributed by atoms with Gasteiger partial charge in [0, 0.05) is 31.3 Å². The lowest BCUT2D eigenvalue weighted by atomic mass is 10.1. The molecule has 0 bridgehead atoms. The van der Waals surface area contributed by atoms with Crippen LogP contribution in [0.15, 0.2) is 12.3 Å². The lowest BCUT2D eigenvalue weighted by Gasteiger charge is -2.22. The first kappa shape index (κ1) is 14.4. The maximum atomic E-state index is 5.74. The monoisotopic (exact) mass is 263 g/mol. The topological polar surface area (TPSA) is 47.0 Å². The summed E-state index contributed by atoms with van der Waals surface area (Å²) in [6, 6.07) is 1.98. The van der Waals surface area contributed by atoms with Gasteiger partial charge < -0.3 is 10.1 Å². The highest BCUT2D eigenvalue weighted by molar-refractivity contribution is 5.03. The quantitative estimate of drug-likeness (QED) is 0.906. The van der Waals surface area contributed by atoms with E-state index in [1.165, 1.54) is 12.8 Å². The van der Waals surface area contributed by atoms with Crippen LogP contribution >= 0.6 is 0 Å². The number of hydrogen-bond acceptors (Lipinski definition) is 4. The van der Waals surface area contributed by atoms with Crippen LogP contribution in [0, 0.1) is 0 Å². The predicted molar refractivity (Wildman–Crippen MR) is 75.9 cm³/mol. The van der Waals surface area contributed by atoms with Gasteiger partial charge >= 0.3 is 0 Å². The minimum atomic E-state index is 0.109. The van der Waals surface area contributed by atoms with Crippen molar-refractivity contribution in [2.24, 2.45) is 0 Å². The summed E-state index contributed by atoms with van der Waals surface area (Å²) >= 11 is 0. The average molecular weight is 263 g/mol. The summed E-state index contributed by atoms with van der Waals surface area (Å²) in [5.74, 6) is 0.903. The van der Waals surface area contributed by atoms with Crippen molar-refractivity contribution in [1.29, 1.82) is 0 Å². The van der Waals surface area contributed by atoms with E-state index < -0.39 is 0 Å². The molecule has 0 radical (unpaired) electrons. The molecule has 1 N–H and O–H groups in total. The third-order valence-corrected chi connectivity index (χ3v) is 3.25. The summed E-state index contributed by atoms with van der Waals surface area (Å²) in [5, 5.41) is 3.45. The average Bonchev–Trinajstić information content (AvgIpc) is 2.37. The Morgan fingerprint density at radius 3 is 2.89 bits per heavy atom. The minimum Gasteiger partial charge on any atom is -0.378 e. The molecule has 1 saturated heterocycles. The molecule has 1 aliphatic heterocycles. The van der Waals surface area contributed by atoms with E-state index in [4.69, 9.17) is 4.74 Å². The highest BCUT2D eigenvalue weighted by Gasteiger charge is 2.16. The van der Waals surface area contributed by atoms with Crippen LogP contribution in [0.1, 0.15) is 51.6 Å². The van der Waals surface area contributed by atoms with Crippen molar-refractivity contribution in [1.82, 2.24) is 15.3 Å². The smallest absolute Gasteiger partial charge is 0.131 e. The fourth-order valence-corrected chi connectivity index (χ4v) is 2.17. The molecule has 19 heavy (non-hydrogen) atoms. The van der Waals surface area contributed by atoms with Gasteiger partial charge in [0.05, 0.1) is 11.8 Å². The summed E-state index contributed by atoms with van der Waals surface area (Å²) in [7, 11) is 0. The zero-order valence-corrected chi connectivity index (χ0v) is 12.3. The Morgan fingerprint density at radius 1 is 1.37 bits per heavy atom. The molecule has 2 rings (SSSR count). The number of ether oxygens (including phenoxy) is 1. The lowest BCUT2D eigenvalue weighted by molar-refractivity contribution is 0.0156. The Kier molecular flexibility index (Phi) is 4.88. The molecule has 0 aliphatic carbocycles. The van der Waals surface area contributed by atoms with Gasteiger partial charge in [-0.25, -0.2) is 9.97 Å². The van der Waals surface area contributed by atoms with E-state index in [1.54, 1.807) is 0 Å². The van der Waals surface area contributed by atoms with Gasteiger partial charge in [0.15, 0.2) is 0 Å². The van der Waals surface area contributed by atoms with Crippen molar-refractivity contribution in [2.75, 3.05) is 6.61 Å². The van der Waals surface area contributed by atoms with Gasteiger partial charge in [0.25, 0.3) is 0 Å². The van der Waals surface area contributed by atoms with E-state index in [1.807, 2.05) is 12.3 Å². The molecule has 1 unspecified atom stereocenters. The summed E-state index contributed by atoms with van der Waals surface area (Å²) in [5.41, 5.74) is 1.16. The highest BCUT2D eigenvalue weighted by Crippen LogP contribution is 2.15. The fraction of sp³-hybridized carbons (Fsp3) is 0.733. The number of rotatable bonds is 4. The SMILES string of the molecule is CC(C)(C)NCc1ccnc(CC2CCCCO2)n1. The Labute approximate surface area is 116 Å². The Bertz CT molecular complexity index is 395. The van der Waals surface area contributed by atoms with Crippen molar-refractivity contribution in [2.45, 2.75) is 64.6 Å². The van der Waals surface area contributed by atoms with Crippen molar-refractivity contribution >= 4 is 0 Å². The van der Waals surface area contributed by atoms with Gasteiger partial charge in [-0.2, -0.15) is 0 Å². The van der Waals surface area contributed by atoms with E-state index in [0.29, 0.717) is 6.10 Å². The van der Waals surface area contributed by atoms with Crippen LogP contribution in [0.2, 0.25) is 0 Å². The molecule has 1 aromatic rings. The zero-order valence-electron chi connectivity index (χ0n) is 12.3. The van der Waals surface area contributed by atoms with Gasteiger partial charge in [-0.15, -0.1) is 0 Å². The second-order valence-corrected chi connectivity index (χ2v) is 6.26. The Morgan fingerprint density at radius 2 is 2.21 bits per heavy atom. The van der Waals surface area contributed by atoms with Crippen LogP contribution in [-0.4, -0.2) is 28.2 Å². The molecule has 1 fully saturated rings. The molecule has 1 aromatic heterocycles. The molecular formula is C15H25N3O. The first-order chi connectivity index (χ1) is 9.03. The van der Waals surface area contributed by atoms with E-state index in [-0.39, 0.29) is 5.54 Å². The van der Waals surface area contributed by atoms with E-state index >= 15 is 0 Å². The Hall–Kier alpha value is -1.00. The molecule has 0 aromatic carbocycles. The van der Waals surface area contributed by atoms with Gasteiger partial charge in [0.1, 0.15) is 5.82 Å². The number of nitrogens with zero attached hydrogens (tertiary/aromatic N) is 2. The predicted octanol–water partition coefficient (Wildman–Crippen LogP) is 2.48. The molecule has 4 heteroatoms. The second kappa shape index (κ2) is 6.44. The molecular weight excluding hydrogens is 238 g/mol. The molecule has 1 atom stereocenters. The molecule has 4 nitrogen and oxygen atoms in total. The zero-order chi connectivity index (χ0) is 13.7. The maximum Gasteiger partial charge on any atom is 0.131 e. The van der Waals surface area contributed by atoms with Crippen LogP contribution in [-0.2, 0) is 17.7 Å². The van der Waals surface area contributed by atoms with Crippen molar-refractivity contribution in [3.63, 3.8) is 0 Å². The van der Waals surface area contributed by atoms with Crippen molar-refractivity contribution < 1.29 is 4.74 Å². The number of hydrogen-bond donors (Lipinski definition) is 1. The molecule has 0 saturated carbocycles. The van der Waals surface area contributed by atoms with Gasteiger partial charge in [0.2, 0.25) is 0 Å². The summed E-state index contributed by atoms with van der Waals surface area (Å²) in [6.07, 6.45) is 6.57. The van der Waals surface area contributed by atoms with Crippen LogP contribution in [0.4, 0.5) is 0 Å². The third-order valence-electron chi connectivity index (χ3n) is 3.25. The lowest BCUT2D eigenvalue weighted by Crippen LogP contribution is -2.35. The summed E-state index contributed by atoms with van der Waals surface area (Å²) in [6.45, 7) is 8.14. The summed E-state index contributed by atoms with van der Waals surface area (Å²) < 4.78 is 5.74. The minimum absolute atomic E-state index is 0.109. The summed E-state index contributed by atoms with van der Waals surface area (Å²) in [4.78, 5) is 8.98. The second-order valence-electron chi connectivity index (χ2n) is 6.26. The molecule has 0 amide bonds. The van der Waals surface area contributed by atoms with Crippen LogP contribution in [0.25, 0.3) is 0 Å². The highest BCUT2D eigenvalue weighted by atomic mass is 16.5. The van der Waals surface area contributed by atoms with E-state index in [9.17, 15) is 0 Å². The molecule has 106 valence electrons. The largest absolute Gasteiger partial charge is 0.378 e. The normalized spacial score (nSPS) is 20.5. The molecule has 0 spiro atoms. The standard InChI is InChI=1S/C15H25N3O/c1-15(2,3)17-11-12-7-8-16-14(18-12)10-13-6-4-5-9-19-13/h7-8,13,17H,4-6,9-11H2,1-3H3. The first-order valence-electron chi connectivity index (χ1n) is 7.20.